The molecule has 0 aromatic heterocycles. The highest BCUT2D eigenvalue weighted by atomic mass is 35.5. The van der Waals surface area contributed by atoms with Gasteiger partial charge in [0.15, 0.2) is 0 Å². The fourth-order valence-corrected chi connectivity index (χ4v) is 1.98. The fraction of sp³-hybridized carbons (Fsp3) is 0.471. The van der Waals surface area contributed by atoms with Crippen LogP contribution in [-0.4, -0.2) is 44.0 Å². The summed E-state index contributed by atoms with van der Waals surface area (Å²) in [5.41, 5.74) is 1.00. The van der Waals surface area contributed by atoms with Crippen LogP contribution in [0.2, 0.25) is 0 Å². The second-order valence-electron chi connectivity index (χ2n) is 5.47. The molecule has 2 unspecified atom stereocenters. The predicted octanol–water partition coefficient (Wildman–Crippen LogP) is 1.58. The van der Waals surface area contributed by atoms with E-state index in [-0.39, 0.29) is 36.7 Å². The second-order valence-corrected chi connectivity index (χ2v) is 5.47. The van der Waals surface area contributed by atoms with Gasteiger partial charge in [-0.3, -0.25) is 9.59 Å². The van der Waals surface area contributed by atoms with Crippen molar-refractivity contribution in [3.8, 4) is 0 Å². The Hall–Kier alpha value is -2.12. The summed E-state index contributed by atoms with van der Waals surface area (Å²) < 4.78 is 4.84. The quantitative estimate of drug-likeness (QED) is 0.603. The van der Waals surface area contributed by atoms with Crippen molar-refractivity contribution in [3.05, 3.63) is 29.8 Å². The van der Waals surface area contributed by atoms with Crippen molar-refractivity contribution in [3.63, 3.8) is 0 Å². The van der Waals surface area contributed by atoms with Gasteiger partial charge in [0.05, 0.1) is 6.61 Å². The summed E-state index contributed by atoms with van der Waals surface area (Å²) in [6.07, 6.45) is 0. The van der Waals surface area contributed by atoms with E-state index in [0.717, 1.165) is 0 Å². The lowest BCUT2D eigenvalue weighted by molar-refractivity contribution is -0.144. The largest absolute Gasteiger partial charge is 0.464 e. The van der Waals surface area contributed by atoms with Crippen molar-refractivity contribution in [2.24, 2.45) is 5.92 Å². The maximum absolute atomic E-state index is 12.1. The fourth-order valence-electron chi connectivity index (χ4n) is 1.98. The van der Waals surface area contributed by atoms with Gasteiger partial charge >= 0.3 is 5.97 Å². The zero-order valence-electron chi connectivity index (χ0n) is 14.9. The molecule has 140 valence electrons. The highest BCUT2D eigenvalue weighted by Gasteiger charge is 2.17. The van der Waals surface area contributed by atoms with Crippen molar-refractivity contribution in [2.45, 2.75) is 26.8 Å². The Labute approximate surface area is 154 Å². The van der Waals surface area contributed by atoms with Crippen LogP contribution in [0, 0.1) is 5.92 Å². The molecule has 8 heteroatoms. The number of hydrogen-bond donors (Lipinski definition) is 3. The van der Waals surface area contributed by atoms with Crippen LogP contribution in [0.3, 0.4) is 0 Å². The van der Waals surface area contributed by atoms with Gasteiger partial charge in [0, 0.05) is 23.7 Å². The van der Waals surface area contributed by atoms with E-state index in [2.05, 4.69) is 16.0 Å². The topological polar surface area (TPSA) is 96.5 Å². The molecule has 0 bridgehead atoms. The average Bonchev–Trinajstić information content (AvgIpc) is 2.55. The molecule has 0 heterocycles. The third-order valence-electron chi connectivity index (χ3n) is 3.36. The van der Waals surface area contributed by atoms with Crippen LogP contribution >= 0.6 is 12.4 Å². The highest BCUT2D eigenvalue weighted by Crippen LogP contribution is 2.11. The monoisotopic (exact) mass is 371 g/mol. The van der Waals surface area contributed by atoms with Crippen molar-refractivity contribution in [1.82, 2.24) is 10.6 Å². The van der Waals surface area contributed by atoms with Crippen LogP contribution in [0.4, 0.5) is 5.69 Å². The number of carbonyl (C=O) groups excluding carboxylic acids is 3. The Morgan fingerprint density at radius 2 is 1.72 bits per heavy atom. The number of anilines is 1. The Morgan fingerprint density at radius 3 is 2.24 bits per heavy atom. The third kappa shape index (κ3) is 7.53. The standard InChI is InChI=1S/C17H25N3O4.ClH/c1-5-24-17(23)12(3)19-16(22)13-6-8-14(9-7-13)20-15(21)11(2)10-18-4;/h6-9,11-12,18H,5,10H2,1-4H3,(H,19,22)(H,20,21);1H. The number of nitrogens with one attached hydrogen (secondary N) is 3. The van der Waals surface area contributed by atoms with E-state index < -0.39 is 12.0 Å². The van der Waals surface area contributed by atoms with E-state index in [1.165, 1.54) is 0 Å². The van der Waals surface area contributed by atoms with Crippen LogP contribution in [0.5, 0.6) is 0 Å². The normalized spacial score (nSPS) is 12.3. The number of rotatable bonds is 8. The Kier molecular flexibility index (Phi) is 10.5. The van der Waals surface area contributed by atoms with Gasteiger partial charge in [-0.25, -0.2) is 4.79 Å². The van der Waals surface area contributed by atoms with Gasteiger partial charge in [0.25, 0.3) is 5.91 Å². The van der Waals surface area contributed by atoms with E-state index in [1.807, 2.05) is 6.92 Å². The number of benzene rings is 1. The molecule has 0 radical (unpaired) electrons. The maximum atomic E-state index is 12.1. The van der Waals surface area contributed by atoms with Crippen molar-refractivity contribution >= 4 is 35.9 Å². The van der Waals surface area contributed by atoms with Crippen molar-refractivity contribution in [2.75, 3.05) is 25.5 Å². The van der Waals surface area contributed by atoms with Gasteiger partial charge < -0.3 is 20.7 Å². The number of amides is 2. The number of ether oxygens (including phenoxy) is 1. The molecule has 1 aromatic rings. The molecule has 0 aliphatic rings. The first-order valence-electron chi connectivity index (χ1n) is 7.92. The zero-order chi connectivity index (χ0) is 18.1. The molecule has 0 saturated heterocycles. The second kappa shape index (κ2) is 11.4. The van der Waals surface area contributed by atoms with Crippen LogP contribution < -0.4 is 16.0 Å². The molecule has 1 aromatic carbocycles. The lowest BCUT2D eigenvalue weighted by atomic mass is 10.1. The highest BCUT2D eigenvalue weighted by molar-refractivity contribution is 5.98. The first-order chi connectivity index (χ1) is 11.4. The molecule has 0 fully saturated rings. The SMILES string of the molecule is CCOC(=O)C(C)NC(=O)c1ccc(NC(=O)C(C)CNC)cc1.Cl. The van der Waals surface area contributed by atoms with Crippen LogP contribution in [0.15, 0.2) is 24.3 Å². The van der Waals surface area contributed by atoms with Gasteiger partial charge in [-0.15, -0.1) is 12.4 Å². The van der Waals surface area contributed by atoms with Gasteiger partial charge in [-0.2, -0.15) is 0 Å². The van der Waals surface area contributed by atoms with E-state index >= 15 is 0 Å². The number of esters is 1. The maximum Gasteiger partial charge on any atom is 0.328 e. The van der Waals surface area contributed by atoms with E-state index in [0.29, 0.717) is 17.8 Å². The van der Waals surface area contributed by atoms with E-state index in [4.69, 9.17) is 4.74 Å². The molecule has 2 amide bonds. The summed E-state index contributed by atoms with van der Waals surface area (Å²) >= 11 is 0. The van der Waals surface area contributed by atoms with Crippen LogP contribution in [0.25, 0.3) is 0 Å². The predicted molar refractivity (Wildman–Crippen MR) is 99.0 cm³/mol. The lowest BCUT2D eigenvalue weighted by Crippen LogP contribution is -2.39. The Balaban J connectivity index is 0.00000576. The summed E-state index contributed by atoms with van der Waals surface area (Å²) in [5.74, 6) is -1.12. The minimum atomic E-state index is -0.723. The first-order valence-corrected chi connectivity index (χ1v) is 7.92. The molecular weight excluding hydrogens is 346 g/mol. The average molecular weight is 372 g/mol. The summed E-state index contributed by atoms with van der Waals surface area (Å²) in [7, 11) is 1.79. The van der Waals surface area contributed by atoms with Gasteiger partial charge in [-0.1, -0.05) is 6.92 Å². The molecule has 0 spiro atoms. The Morgan fingerprint density at radius 1 is 1.12 bits per heavy atom. The van der Waals surface area contributed by atoms with Gasteiger partial charge in [-0.05, 0) is 45.2 Å². The van der Waals surface area contributed by atoms with Gasteiger partial charge in [0.2, 0.25) is 5.91 Å². The Bertz CT molecular complexity index is 578. The third-order valence-corrected chi connectivity index (χ3v) is 3.36. The number of carbonyl (C=O) groups is 3. The lowest BCUT2D eigenvalue weighted by Gasteiger charge is -2.13. The molecule has 0 aliphatic heterocycles. The smallest absolute Gasteiger partial charge is 0.328 e. The summed E-state index contributed by atoms with van der Waals surface area (Å²) in [6, 6.07) is 5.75. The molecular formula is C17H26ClN3O4. The number of halogens is 1. The van der Waals surface area contributed by atoms with Crippen molar-refractivity contribution < 1.29 is 19.1 Å². The minimum Gasteiger partial charge on any atom is -0.464 e. The summed E-state index contributed by atoms with van der Waals surface area (Å²) in [6.45, 7) is 5.94. The van der Waals surface area contributed by atoms with Crippen LogP contribution in [0.1, 0.15) is 31.1 Å². The molecule has 0 saturated carbocycles. The van der Waals surface area contributed by atoms with Gasteiger partial charge in [0.1, 0.15) is 6.04 Å². The van der Waals surface area contributed by atoms with E-state index in [9.17, 15) is 14.4 Å². The van der Waals surface area contributed by atoms with Crippen LogP contribution in [-0.2, 0) is 14.3 Å². The molecule has 7 nitrogen and oxygen atoms in total. The summed E-state index contributed by atoms with van der Waals surface area (Å²) in [5, 5.41) is 8.29. The molecule has 1 rings (SSSR count). The number of hydrogen-bond acceptors (Lipinski definition) is 5. The minimum absolute atomic E-state index is 0. The zero-order valence-corrected chi connectivity index (χ0v) is 15.7. The molecule has 2 atom stereocenters. The molecule has 25 heavy (non-hydrogen) atoms. The molecule has 0 aliphatic carbocycles. The van der Waals surface area contributed by atoms with E-state index in [1.54, 1.807) is 45.2 Å². The first kappa shape index (κ1) is 22.9. The summed E-state index contributed by atoms with van der Waals surface area (Å²) in [4.78, 5) is 35.5. The molecule has 3 N–H and O–H groups in total. The van der Waals surface area contributed by atoms with Crippen molar-refractivity contribution in [1.29, 1.82) is 0 Å².